The van der Waals surface area contributed by atoms with E-state index in [1.807, 2.05) is 4.98 Å². The maximum atomic E-state index is 10.9. The van der Waals surface area contributed by atoms with E-state index in [4.69, 9.17) is 5.73 Å². The molecule has 0 bridgehead atoms. The monoisotopic (exact) mass is 241 g/mol. The van der Waals surface area contributed by atoms with Gasteiger partial charge in [0.1, 0.15) is 0 Å². The SMILES string of the molecule is NCCCCCCCNc1nc(=O)[nH]c(=O)[nH]1. The summed E-state index contributed by atoms with van der Waals surface area (Å²) in [4.78, 5) is 29.8. The van der Waals surface area contributed by atoms with E-state index in [1.54, 1.807) is 0 Å². The predicted molar refractivity (Wildman–Crippen MR) is 66.1 cm³/mol. The Morgan fingerprint density at radius 1 is 1.06 bits per heavy atom. The van der Waals surface area contributed by atoms with Gasteiger partial charge in [-0.25, -0.2) is 9.59 Å². The van der Waals surface area contributed by atoms with E-state index in [9.17, 15) is 9.59 Å². The number of aromatic amines is 2. The maximum Gasteiger partial charge on any atom is 0.352 e. The van der Waals surface area contributed by atoms with E-state index in [0.29, 0.717) is 6.54 Å². The fourth-order valence-electron chi connectivity index (χ4n) is 1.48. The summed E-state index contributed by atoms with van der Waals surface area (Å²) >= 11 is 0. The molecule has 0 aliphatic heterocycles. The summed E-state index contributed by atoms with van der Waals surface area (Å²) in [5.41, 5.74) is 4.20. The van der Waals surface area contributed by atoms with Crippen LogP contribution in [0.2, 0.25) is 0 Å². The van der Waals surface area contributed by atoms with Crippen LogP contribution in [0.25, 0.3) is 0 Å². The van der Waals surface area contributed by atoms with Crippen LogP contribution in [-0.2, 0) is 0 Å². The molecule has 0 radical (unpaired) electrons. The van der Waals surface area contributed by atoms with Crippen LogP contribution in [-0.4, -0.2) is 28.0 Å². The molecule has 5 N–H and O–H groups in total. The van der Waals surface area contributed by atoms with E-state index in [-0.39, 0.29) is 5.95 Å². The second-order valence-electron chi connectivity index (χ2n) is 3.83. The standard InChI is InChI=1S/C10H19N5O2/c11-6-4-2-1-3-5-7-12-8-13-9(16)15-10(17)14-8/h1-7,11H2,(H3,12,13,14,15,16,17). The Labute approximate surface area is 98.9 Å². The van der Waals surface area contributed by atoms with Gasteiger partial charge >= 0.3 is 11.4 Å². The third-order valence-electron chi connectivity index (χ3n) is 2.34. The van der Waals surface area contributed by atoms with Crippen LogP contribution in [0.1, 0.15) is 32.1 Å². The predicted octanol–water partition coefficient (Wildman–Crippen LogP) is -0.221. The summed E-state index contributed by atoms with van der Waals surface area (Å²) in [6, 6.07) is 0. The fourth-order valence-corrected chi connectivity index (χ4v) is 1.48. The molecule has 7 heteroatoms. The van der Waals surface area contributed by atoms with Crippen LogP contribution >= 0.6 is 0 Å². The van der Waals surface area contributed by atoms with Crippen molar-refractivity contribution in [2.75, 3.05) is 18.4 Å². The summed E-state index contributed by atoms with van der Waals surface area (Å²) in [6.45, 7) is 1.44. The first-order valence-corrected chi connectivity index (χ1v) is 5.87. The number of aromatic nitrogens is 3. The molecule has 1 heterocycles. The lowest BCUT2D eigenvalue weighted by atomic mass is 10.1. The minimum absolute atomic E-state index is 0.223. The molecule has 0 aromatic carbocycles. The molecule has 17 heavy (non-hydrogen) atoms. The van der Waals surface area contributed by atoms with E-state index in [0.717, 1.165) is 38.6 Å². The van der Waals surface area contributed by atoms with Crippen LogP contribution in [0.3, 0.4) is 0 Å². The molecule has 0 atom stereocenters. The van der Waals surface area contributed by atoms with Gasteiger partial charge in [0.2, 0.25) is 5.95 Å². The Morgan fingerprint density at radius 3 is 2.47 bits per heavy atom. The summed E-state index contributed by atoms with van der Waals surface area (Å²) in [5, 5.41) is 2.91. The average Bonchev–Trinajstić information content (AvgIpc) is 2.26. The van der Waals surface area contributed by atoms with Gasteiger partial charge in [0, 0.05) is 6.54 Å². The third kappa shape index (κ3) is 5.86. The number of H-pyrrole nitrogens is 2. The third-order valence-corrected chi connectivity index (χ3v) is 2.34. The molecule has 1 aromatic rings. The molecule has 0 saturated carbocycles. The van der Waals surface area contributed by atoms with Crippen LogP contribution in [0.15, 0.2) is 9.59 Å². The number of anilines is 1. The van der Waals surface area contributed by atoms with Crippen molar-refractivity contribution >= 4 is 5.95 Å². The lowest BCUT2D eigenvalue weighted by Gasteiger charge is -2.03. The second-order valence-corrected chi connectivity index (χ2v) is 3.83. The van der Waals surface area contributed by atoms with Crippen LogP contribution < -0.4 is 22.4 Å². The highest BCUT2D eigenvalue weighted by molar-refractivity contribution is 5.20. The Kier molecular flexibility index (Phi) is 6.02. The van der Waals surface area contributed by atoms with Crippen LogP contribution in [0.5, 0.6) is 0 Å². The van der Waals surface area contributed by atoms with Crippen LogP contribution in [0, 0.1) is 0 Å². The van der Waals surface area contributed by atoms with Crippen molar-refractivity contribution in [2.45, 2.75) is 32.1 Å². The Balaban J connectivity index is 2.18. The van der Waals surface area contributed by atoms with Crippen molar-refractivity contribution in [3.63, 3.8) is 0 Å². The molecule has 0 unspecified atom stereocenters. The molecule has 0 amide bonds. The molecule has 96 valence electrons. The lowest BCUT2D eigenvalue weighted by molar-refractivity contribution is 0.628. The number of nitrogens with one attached hydrogen (secondary N) is 3. The molecular formula is C10H19N5O2. The first-order valence-electron chi connectivity index (χ1n) is 5.87. The minimum atomic E-state index is -0.640. The zero-order chi connectivity index (χ0) is 12.5. The van der Waals surface area contributed by atoms with E-state index in [1.165, 1.54) is 0 Å². The Morgan fingerprint density at radius 2 is 1.76 bits per heavy atom. The van der Waals surface area contributed by atoms with Crippen molar-refractivity contribution in [3.05, 3.63) is 21.0 Å². The van der Waals surface area contributed by atoms with Gasteiger partial charge in [-0.15, -0.1) is 0 Å². The molecule has 7 nitrogen and oxygen atoms in total. The molecule has 0 aliphatic carbocycles. The lowest BCUT2D eigenvalue weighted by Crippen LogP contribution is -2.26. The smallest absolute Gasteiger partial charge is 0.352 e. The van der Waals surface area contributed by atoms with Crippen molar-refractivity contribution in [3.8, 4) is 0 Å². The maximum absolute atomic E-state index is 10.9. The van der Waals surface area contributed by atoms with Gasteiger partial charge in [-0.1, -0.05) is 19.3 Å². The van der Waals surface area contributed by atoms with Gasteiger partial charge in [-0.05, 0) is 19.4 Å². The first kappa shape index (κ1) is 13.4. The van der Waals surface area contributed by atoms with Gasteiger partial charge in [0.25, 0.3) is 0 Å². The molecule has 1 rings (SSSR count). The average molecular weight is 241 g/mol. The van der Waals surface area contributed by atoms with Crippen molar-refractivity contribution < 1.29 is 0 Å². The molecule has 1 aromatic heterocycles. The topological polar surface area (TPSA) is 117 Å². The second kappa shape index (κ2) is 7.61. The number of unbranched alkanes of at least 4 members (excludes halogenated alkanes) is 4. The van der Waals surface area contributed by atoms with Gasteiger partial charge in [0.15, 0.2) is 0 Å². The van der Waals surface area contributed by atoms with E-state index < -0.39 is 11.4 Å². The highest BCUT2D eigenvalue weighted by Crippen LogP contribution is 2.02. The largest absolute Gasteiger partial charge is 0.356 e. The normalized spacial score (nSPS) is 10.4. The van der Waals surface area contributed by atoms with Gasteiger partial charge in [0.05, 0.1) is 0 Å². The van der Waals surface area contributed by atoms with Crippen molar-refractivity contribution in [2.24, 2.45) is 5.73 Å². The number of nitrogens with zero attached hydrogens (tertiary/aromatic N) is 1. The van der Waals surface area contributed by atoms with Crippen molar-refractivity contribution in [1.82, 2.24) is 15.0 Å². The zero-order valence-corrected chi connectivity index (χ0v) is 9.79. The van der Waals surface area contributed by atoms with Crippen molar-refractivity contribution in [1.29, 1.82) is 0 Å². The molecule has 0 fully saturated rings. The zero-order valence-electron chi connectivity index (χ0n) is 9.79. The van der Waals surface area contributed by atoms with Crippen LogP contribution in [0.4, 0.5) is 5.95 Å². The summed E-state index contributed by atoms with van der Waals surface area (Å²) in [7, 11) is 0. The highest BCUT2D eigenvalue weighted by Gasteiger charge is 1.96. The molecule has 0 aliphatic rings. The Bertz CT molecular complexity index is 397. The fraction of sp³-hybridized carbons (Fsp3) is 0.700. The number of hydrogen-bond donors (Lipinski definition) is 4. The first-order chi connectivity index (χ1) is 8.22. The molecule has 0 saturated heterocycles. The van der Waals surface area contributed by atoms with E-state index in [2.05, 4.69) is 15.3 Å². The van der Waals surface area contributed by atoms with Gasteiger partial charge < -0.3 is 11.1 Å². The molecular weight excluding hydrogens is 222 g/mol. The molecule has 0 spiro atoms. The summed E-state index contributed by atoms with van der Waals surface area (Å²) < 4.78 is 0. The summed E-state index contributed by atoms with van der Waals surface area (Å²) in [5.74, 6) is 0.223. The van der Waals surface area contributed by atoms with Gasteiger partial charge in [-0.2, -0.15) is 4.98 Å². The number of rotatable bonds is 8. The number of nitrogens with two attached hydrogens (primary N) is 1. The van der Waals surface area contributed by atoms with E-state index >= 15 is 0 Å². The highest BCUT2D eigenvalue weighted by atomic mass is 16.2. The van der Waals surface area contributed by atoms with Gasteiger partial charge in [-0.3, -0.25) is 9.97 Å². The minimum Gasteiger partial charge on any atom is -0.356 e. The Hall–Kier alpha value is -1.63. The number of hydrogen-bond acceptors (Lipinski definition) is 5. The summed E-state index contributed by atoms with van der Waals surface area (Å²) in [6.07, 6.45) is 5.44. The quantitative estimate of drug-likeness (QED) is 0.469.